The SMILES string of the molecule is Nc1ccc(O)cc1C(=O)NC1CNC(=O)C1. The minimum Gasteiger partial charge on any atom is -0.508 e. The van der Waals surface area contributed by atoms with Crippen LogP contribution in [-0.4, -0.2) is 29.5 Å². The van der Waals surface area contributed by atoms with Crippen LogP contribution in [0.15, 0.2) is 18.2 Å². The van der Waals surface area contributed by atoms with Gasteiger partial charge in [-0.1, -0.05) is 0 Å². The van der Waals surface area contributed by atoms with Gasteiger partial charge in [-0.05, 0) is 18.2 Å². The first kappa shape index (κ1) is 11.3. The van der Waals surface area contributed by atoms with Gasteiger partial charge in [0.05, 0.1) is 11.6 Å². The van der Waals surface area contributed by atoms with E-state index in [9.17, 15) is 14.7 Å². The predicted molar refractivity (Wildman–Crippen MR) is 61.4 cm³/mol. The van der Waals surface area contributed by atoms with Crippen LogP contribution >= 0.6 is 0 Å². The van der Waals surface area contributed by atoms with Crippen molar-refractivity contribution < 1.29 is 14.7 Å². The van der Waals surface area contributed by atoms with Crippen LogP contribution < -0.4 is 16.4 Å². The van der Waals surface area contributed by atoms with Crippen molar-refractivity contribution in [1.82, 2.24) is 10.6 Å². The van der Waals surface area contributed by atoms with Gasteiger partial charge in [-0.15, -0.1) is 0 Å². The van der Waals surface area contributed by atoms with E-state index < -0.39 is 0 Å². The summed E-state index contributed by atoms with van der Waals surface area (Å²) in [6.45, 7) is 0.420. The average molecular weight is 235 g/mol. The molecule has 0 radical (unpaired) electrons. The fourth-order valence-electron chi connectivity index (χ4n) is 1.71. The highest BCUT2D eigenvalue weighted by Gasteiger charge is 2.24. The largest absolute Gasteiger partial charge is 0.508 e. The number of anilines is 1. The van der Waals surface area contributed by atoms with E-state index in [0.29, 0.717) is 6.54 Å². The zero-order chi connectivity index (χ0) is 12.4. The summed E-state index contributed by atoms with van der Waals surface area (Å²) in [5, 5.41) is 14.6. The normalized spacial score (nSPS) is 18.8. The molecule has 6 nitrogen and oxygen atoms in total. The zero-order valence-corrected chi connectivity index (χ0v) is 9.06. The van der Waals surface area contributed by atoms with Crippen LogP contribution in [0.5, 0.6) is 5.75 Å². The molecule has 1 aliphatic heterocycles. The lowest BCUT2D eigenvalue weighted by Crippen LogP contribution is -2.36. The van der Waals surface area contributed by atoms with Gasteiger partial charge >= 0.3 is 0 Å². The molecule has 0 aliphatic carbocycles. The Bertz CT molecular complexity index is 473. The van der Waals surface area contributed by atoms with Crippen molar-refractivity contribution in [3.63, 3.8) is 0 Å². The highest BCUT2D eigenvalue weighted by Crippen LogP contribution is 2.18. The predicted octanol–water partition coefficient (Wildman–Crippen LogP) is -0.407. The molecule has 2 rings (SSSR count). The summed E-state index contributed by atoms with van der Waals surface area (Å²) in [6, 6.07) is 3.95. The quantitative estimate of drug-likeness (QED) is 0.413. The molecule has 1 heterocycles. The van der Waals surface area contributed by atoms with Gasteiger partial charge in [0.25, 0.3) is 5.91 Å². The van der Waals surface area contributed by atoms with Crippen LogP contribution in [0.3, 0.4) is 0 Å². The Morgan fingerprint density at radius 1 is 1.53 bits per heavy atom. The summed E-state index contributed by atoms with van der Waals surface area (Å²) in [5.41, 5.74) is 6.14. The van der Waals surface area contributed by atoms with Crippen LogP contribution in [0, 0.1) is 0 Å². The molecule has 1 aliphatic rings. The van der Waals surface area contributed by atoms with Crippen molar-refractivity contribution in [3.05, 3.63) is 23.8 Å². The monoisotopic (exact) mass is 235 g/mol. The average Bonchev–Trinajstić information content (AvgIpc) is 2.67. The van der Waals surface area contributed by atoms with E-state index in [-0.39, 0.29) is 41.3 Å². The van der Waals surface area contributed by atoms with Gasteiger partial charge in [0.1, 0.15) is 5.75 Å². The Labute approximate surface area is 97.8 Å². The number of rotatable bonds is 2. The molecule has 1 atom stereocenters. The van der Waals surface area contributed by atoms with E-state index in [1.165, 1.54) is 18.2 Å². The van der Waals surface area contributed by atoms with E-state index in [1.54, 1.807) is 0 Å². The summed E-state index contributed by atoms with van der Waals surface area (Å²) in [4.78, 5) is 22.8. The van der Waals surface area contributed by atoms with Crippen molar-refractivity contribution in [2.24, 2.45) is 0 Å². The number of nitrogens with two attached hydrogens (primary N) is 1. The Morgan fingerprint density at radius 3 is 2.94 bits per heavy atom. The van der Waals surface area contributed by atoms with Crippen molar-refractivity contribution in [1.29, 1.82) is 0 Å². The number of hydrogen-bond donors (Lipinski definition) is 4. The first-order valence-corrected chi connectivity index (χ1v) is 5.22. The molecule has 0 spiro atoms. The number of phenols is 1. The zero-order valence-electron chi connectivity index (χ0n) is 9.06. The number of phenolic OH excluding ortho intramolecular Hbond substituents is 1. The minimum atomic E-state index is -0.389. The summed E-state index contributed by atoms with van der Waals surface area (Å²) < 4.78 is 0. The number of hydrogen-bond acceptors (Lipinski definition) is 4. The lowest BCUT2D eigenvalue weighted by atomic mass is 10.1. The molecule has 17 heavy (non-hydrogen) atoms. The Morgan fingerprint density at radius 2 is 2.29 bits per heavy atom. The smallest absolute Gasteiger partial charge is 0.253 e. The third-order valence-corrected chi connectivity index (χ3v) is 2.59. The maximum atomic E-state index is 11.8. The topological polar surface area (TPSA) is 104 Å². The number of carbonyl (C=O) groups is 2. The molecule has 0 bridgehead atoms. The molecular formula is C11H13N3O3. The minimum absolute atomic E-state index is 0.0232. The molecule has 2 amide bonds. The number of nitrogens with one attached hydrogen (secondary N) is 2. The molecule has 1 aromatic carbocycles. The number of nitrogen functional groups attached to an aromatic ring is 1. The van der Waals surface area contributed by atoms with Crippen molar-refractivity contribution in [2.45, 2.75) is 12.5 Å². The molecule has 0 aromatic heterocycles. The van der Waals surface area contributed by atoms with E-state index >= 15 is 0 Å². The van der Waals surface area contributed by atoms with Crippen LogP contribution in [0.4, 0.5) is 5.69 Å². The third kappa shape index (κ3) is 2.47. The fraction of sp³-hybridized carbons (Fsp3) is 0.273. The van der Waals surface area contributed by atoms with Gasteiger partial charge in [0, 0.05) is 18.7 Å². The fourth-order valence-corrected chi connectivity index (χ4v) is 1.71. The van der Waals surface area contributed by atoms with Crippen molar-refractivity contribution in [3.8, 4) is 5.75 Å². The Balaban J connectivity index is 2.09. The summed E-state index contributed by atoms with van der Waals surface area (Å²) in [7, 11) is 0. The van der Waals surface area contributed by atoms with Gasteiger partial charge in [0.2, 0.25) is 5.91 Å². The lowest BCUT2D eigenvalue weighted by Gasteiger charge is -2.11. The maximum absolute atomic E-state index is 11.8. The molecular weight excluding hydrogens is 222 g/mol. The first-order valence-electron chi connectivity index (χ1n) is 5.22. The van der Waals surface area contributed by atoms with Crippen LogP contribution in [0.1, 0.15) is 16.8 Å². The number of amides is 2. The highest BCUT2D eigenvalue weighted by molar-refractivity contribution is 6.00. The molecule has 5 N–H and O–H groups in total. The Kier molecular flexibility index (Phi) is 2.86. The second-order valence-electron chi connectivity index (χ2n) is 3.95. The van der Waals surface area contributed by atoms with E-state index in [0.717, 1.165) is 0 Å². The molecule has 0 saturated carbocycles. The second-order valence-corrected chi connectivity index (χ2v) is 3.95. The van der Waals surface area contributed by atoms with Gasteiger partial charge in [-0.2, -0.15) is 0 Å². The third-order valence-electron chi connectivity index (χ3n) is 2.59. The lowest BCUT2D eigenvalue weighted by molar-refractivity contribution is -0.119. The molecule has 6 heteroatoms. The van der Waals surface area contributed by atoms with Crippen molar-refractivity contribution >= 4 is 17.5 Å². The van der Waals surface area contributed by atoms with Crippen molar-refractivity contribution in [2.75, 3.05) is 12.3 Å². The first-order chi connectivity index (χ1) is 8.06. The number of benzene rings is 1. The van der Waals surface area contributed by atoms with E-state index in [2.05, 4.69) is 10.6 Å². The van der Waals surface area contributed by atoms with Gasteiger partial charge in [-0.3, -0.25) is 9.59 Å². The van der Waals surface area contributed by atoms with Crippen LogP contribution in [0.25, 0.3) is 0 Å². The second kappa shape index (κ2) is 4.32. The van der Waals surface area contributed by atoms with E-state index in [4.69, 9.17) is 5.73 Å². The number of aromatic hydroxyl groups is 1. The van der Waals surface area contributed by atoms with E-state index in [1.807, 2.05) is 0 Å². The van der Waals surface area contributed by atoms with Crippen LogP contribution in [-0.2, 0) is 4.79 Å². The van der Waals surface area contributed by atoms with Crippen LogP contribution in [0.2, 0.25) is 0 Å². The summed E-state index contributed by atoms with van der Waals surface area (Å²) in [6.07, 6.45) is 0.268. The maximum Gasteiger partial charge on any atom is 0.253 e. The Hall–Kier alpha value is -2.24. The molecule has 90 valence electrons. The molecule has 1 saturated heterocycles. The number of carbonyl (C=O) groups excluding carboxylic acids is 2. The van der Waals surface area contributed by atoms with Gasteiger partial charge in [0.15, 0.2) is 0 Å². The highest BCUT2D eigenvalue weighted by atomic mass is 16.3. The molecule has 1 aromatic rings. The van der Waals surface area contributed by atoms with Gasteiger partial charge < -0.3 is 21.5 Å². The standard InChI is InChI=1S/C11H13N3O3/c12-9-2-1-7(15)4-8(9)11(17)14-6-3-10(16)13-5-6/h1-2,4,6,15H,3,5,12H2,(H,13,16)(H,14,17). The molecule has 1 unspecified atom stereocenters. The molecule has 1 fully saturated rings. The summed E-state index contributed by atoms with van der Waals surface area (Å²) in [5.74, 6) is -0.496. The van der Waals surface area contributed by atoms with Gasteiger partial charge in [-0.25, -0.2) is 0 Å². The summed E-state index contributed by atoms with van der Waals surface area (Å²) >= 11 is 0.